The summed E-state index contributed by atoms with van der Waals surface area (Å²) in [5.41, 5.74) is 2.46. The molecule has 4 fully saturated rings. The van der Waals surface area contributed by atoms with Crippen LogP contribution >= 0.6 is 0 Å². The van der Waals surface area contributed by atoms with E-state index in [1.807, 2.05) is 0 Å². The molecule has 5 heteroatoms. The normalized spacial score (nSPS) is 39.0. The van der Waals surface area contributed by atoms with Crippen molar-refractivity contribution in [3.8, 4) is 0 Å². The Kier molecular flexibility index (Phi) is 4.23. The van der Waals surface area contributed by atoms with Crippen LogP contribution in [0.1, 0.15) is 24.8 Å². The van der Waals surface area contributed by atoms with Gasteiger partial charge >= 0.3 is 0 Å². The third-order valence-electron chi connectivity index (χ3n) is 6.07. The lowest BCUT2D eigenvalue weighted by atomic mass is 9.74. The molecule has 5 nitrogen and oxygen atoms in total. The molecule has 5 aliphatic rings. The van der Waals surface area contributed by atoms with E-state index >= 15 is 0 Å². The molecule has 6 rings (SSSR count). The molecule has 0 N–H and O–H groups in total. The van der Waals surface area contributed by atoms with Crippen molar-refractivity contribution in [1.82, 2.24) is 14.7 Å². The summed E-state index contributed by atoms with van der Waals surface area (Å²) < 4.78 is 0. The van der Waals surface area contributed by atoms with Crippen molar-refractivity contribution in [3.63, 3.8) is 0 Å². The molecule has 4 bridgehead atoms. The maximum atomic E-state index is 4.86. The Morgan fingerprint density at radius 3 is 2.27 bits per heavy atom. The molecule has 1 aromatic carbocycles. The van der Waals surface area contributed by atoms with Gasteiger partial charge in [0.15, 0.2) is 0 Å². The number of rotatable bonds is 4. The molecular weight excluding hydrogens is 322 g/mol. The summed E-state index contributed by atoms with van der Waals surface area (Å²) in [6.07, 6.45) is 10.1. The average Bonchev–Trinajstić information content (AvgIpc) is 2.65. The van der Waals surface area contributed by atoms with Crippen molar-refractivity contribution in [2.45, 2.75) is 19.3 Å². The standard InChI is InChI=1S/C21H27N5/c1-3-7-18(8-4-1)11-22-23-20(19-9-5-2-6-10-19)21-12-24-15-25(13-21)17-26(14-21)16-24/h1-3,5-6,9-11,18H,4,7-8,12-17H2/b22-11-,23-20+. The molecule has 0 saturated carbocycles. The second-order valence-corrected chi connectivity index (χ2v) is 8.32. The zero-order valence-corrected chi connectivity index (χ0v) is 15.3. The van der Waals surface area contributed by atoms with Gasteiger partial charge in [-0.25, -0.2) is 0 Å². The molecule has 1 aromatic rings. The molecule has 1 atom stereocenters. The minimum Gasteiger partial charge on any atom is -0.276 e. The highest BCUT2D eigenvalue weighted by atomic mass is 15.5. The Morgan fingerprint density at radius 2 is 1.65 bits per heavy atom. The van der Waals surface area contributed by atoms with Crippen LogP contribution in [0.5, 0.6) is 0 Å². The topological polar surface area (TPSA) is 34.4 Å². The van der Waals surface area contributed by atoms with Crippen molar-refractivity contribution in [2.24, 2.45) is 21.5 Å². The maximum Gasteiger partial charge on any atom is 0.0802 e. The zero-order valence-electron chi connectivity index (χ0n) is 15.3. The lowest BCUT2D eigenvalue weighted by molar-refractivity contribution is -0.149. The van der Waals surface area contributed by atoms with Gasteiger partial charge in [-0.05, 0) is 30.7 Å². The molecule has 1 unspecified atom stereocenters. The van der Waals surface area contributed by atoms with Gasteiger partial charge in [0.1, 0.15) is 0 Å². The van der Waals surface area contributed by atoms with Crippen LogP contribution in [0.2, 0.25) is 0 Å². The Balaban J connectivity index is 1.47. The highest BCUT2D eigenvalue weighted by Crippen LogP contribution is 2.38. The van der Waals surface area contributed by atoms with Crippen LogP contribution in [0.3, 0.4) is 0 Å². The van der Waals surface area contributed by atoms with Crippen molar-refractivity contribution < 1.29 is 0 Å². The van der Waals surface area contributed by atoms with Gasteiger partial charge in [-0.1, -0.05) is 42.5 Å². The van der Waals surface area contributed by atoms with Crippen LogP contribution in [0, 0.1) is 11.3 Å². The van der Waals surface area contributed by atoms with Crippen molar-refractivity contribution in [1.29, 1.82) is 0 Å². The van der Waals surface area contributed by atoms with Gasteiger partial charge in [0.05, 0.1) is 31.1 Å². The summed E-state index contributed by atoms with van der Waals surface area (Å²) in [4.78, 5) is 7.64. The van der Waals surface area contributed by atoms with E-state index in [4.69, 9.17) is 5.10 Å². The summed E-state index contributed by atoms with van der Waals surface area (Å²) in [5, 5.41) is 9.46. The Bertz CT molecular complexity index is 701. The lowest BCUT2D eigenvalue weighted by Gasteiger charge is -2.60. The molecule has 0 radical (unpaired) electrons. The van der Waals surface area contributed by atoms with Crippen LogP contribution < -0.4 is 0 Å². The largest absolute Gasteiger partial charge is 0.276 e. The first-order valence-corrected chi connectivity index (χ1v) is 9.80. The monoisotopic (exact) mass is 349 g/mol. The fourth-order valence-electron chi connectivity index (χ4n) is 5.15. The Hall–Kier alpha value is -1.82. The molecule has 0 amide bonds. The van der Waals surface area contributed by atoms with Crippen LogP contribution in [0.4, 0.5) is 0 Å². The summed E-state index contributed by atoms with van der Waals surface area (Å²) in [5.74, 6) is 0.536. The number of allylic oxidation sites excluding steroid dienone is 2. The molecule has 136 valence electrons. The Labute approximate surface area is 155 Å². The van der Waals surface area contributed by atoms with Crippen LogP contribution in [-0.4, -0.2) is 66.3 Å². The first-order chi connectivity index (χ1) is 12.8. The molecule has 26 heavy (non-hydrogen) atoms. The van der Waals surface area contributed by atoms with Gasteiger partial charge in [-0.3, -0.25) is 14.7 Å². The second kappa shape index (κ2) is 6.72. The van der Waals surface area contributed by atoms with Crippen molar-refractivity contribution >= 4 is 11.9 Å². The molecule has 0 aromatic heterocycles. The fraction of sp³-hybridized carbons (Fsp3) is 0.524. The van der Waals surface area contributed by atoms with Gasteiger partial charge in [-0.15, -0.1) is 0 Å². The third-order valence-corrected chi connectivity index (χ3v) is 6.07. The first-order valence-electron chi connectivity index (χ1n) is 9.80. The predicted molar refractivity (Wildman–Crippen MR) is 105 cm³/mol. The average molecular weight is 349 g/mol. The van der Waals surface area contributed by atoms with Crippen molar-refractivity contribution in [2.75, 3.05) is 39.6 Å². The zero-order chi connectivity index (χ0) is 17.4. The first kappa shape index (κ1) is 16.4. The smallest absolute Gasteiger partial charge is 0.0802 e. The van der Waals surface area contributed by atoms with E-state index in [1.54, 1.807) is 0 Å². The van der Waals surface area contributed by atoms with Crippen LogP contribution in [0.15, 0.2) is 52.7 Å². The predicted octanol–water partition coefficient (Wildman–Crippen LogP) is 2.62. The van der Waals surface area contributed by atoms with E-state index in [2.05, 4.69) is 68.5 Å². The highest BCUT2D eigenvalue weighted by molar-refractivity contribution is 6.05. The fourth-order valence-corrected chi connectivity index (χ4v) is 5.15. The number of hydrogen-bond acceptors (Lipinski definition) is 5. The highest BCUT2D eigenvalue weighted by Gasteiger charge is 2.51. The molecule has 4 heterocycles. The molecule has 4 saturated heterocycles. The lowest BCUT2D eigenvalue weighted by Crippen LogP contribution is -2.74. The quantitative estimate of drug-likeness (QED) is 0.476. The van der Waals surface area contributed by atoms with Gasteiger partial charge in [0, 0.05) is 25.8 Å². The van der Waals surface area contributed by atoms with E-state index < -0.39 is 0 Å². The van der Waals surface area contributed by atoms with Crippen LogP contribution in [0.25, 0.3) is 0 Å². The minimum atomic E-state index is 0.0694. The van der Waals surface area contributed by atoms with E-state index in [9.17, 15) is 0 Å². The van der Waals surface area contributed by atoms with E-state index in [0.29, 0.717) is 5.92 Å². The van der Waals surface area contributed by atoms with Gasteiger partial charge in [0.25, 0.3) is 0 Å². The van der Waals surface area contributed by atoms with Crippen molar-refractivity contribution in [3.05, 3.63) is 48.0 Å². The number of benzene rings is 1. The van der Waals surface area contributed by atoms with Crippen LogP contribution in [-0.2, 0) is 0 Å². The second-order valence-electron chi connectivity index (χ2n) is 8.32. The summed E-state index contributed by atoms with van der Waals surface area (Å²) >= 11 is 0. The summed E-state index contributed by atoms with van der Waals surface area (Å²) in [6, 6.07) is 10.7. The molecule has 1 aliphatic carbocycles. The van der Waals surface area contributed by atoms with E-state index in [-0.39, 0.29) is 5.41 Å². The number of hydrogen-bond donors (Lipinski definition) is 0. The molecular formula is C21H27N5. The number of nitrogens with zero attached hydrogens (tertiary/aromatic N) is 5. The SMILES string of the molecule is C1=CCC(/C=N\N=C(/c2ccccc2)C23CN4CN(CN(C4)C2)C3)CC1. The van der Waals surface area contributed by atoms with Gasteiger partial charge in [0.2, 0.25) is 0 Å². The summed E-state index contributed by atoms with van der Waals surface area (Å²) in [6.45, 7) is 6.56. The van der Waals surface area contributed by atoms with E-state index in [0.717, 1.165) is 52.5 Å². The molecule has 4 aliphatic heterocycles. The molecule has 0 spiro atoms. The third kappa shape index (κ3) is 3.04. The Morgan fingerprint density at radius 1 is 0.962 bits per heavy atom. The summed E-state index contributed by atoms with van der Waals surface area (Å²) in [7, 11) is 0. The van der Waals surface area contributed by atoms with E-state index in [1.165, 1.54) is 17.7 Å². The maximum absolute atomic E-state index is 4.86. The minimum absolute atomic E-state index is 0.0694. The van der Waals surface area contributed by atoms with Gasteiger partial charge < -0.3 is 0 Å². The van der Waals surface area contributed by atoms with Gasteiger partial charge in [-0.2, -0.15) is 10.2 Å².